The number of fused-ring (bicyclic) bond motifs is 1. The lowest BCUT2D eigenvalue weighted by Gasteiger charge is -2.33. The monoisotopic (exact) mass is 498 g/mol. The van der Waals surface area contributed by atoms with Crippen LogP contribution in [0, 0.1) is 40.5 Å². The molecule has 1 aliphatic heterocycles. The van der Waals surface area contributed by atoms with E-state index in [1.54, 1.807) is 0 Å². The molecule has 1 saturated heterocycles. The summed E-state index contributed by atoms with van der Waals surface area (Å²) in [6, 6.07) is 4.31. The molecule has 3 aromatic rings. The third-order valence-electron chi connectivity index (χ3n) is 6.81. The smallest absolute Gasteiger partial charge is 0.303 e. The Hall–Kier alpha value is -2.41. The molecule has 3 heterocycles. The minimum atomic E-state index is -0.702. The van der Waals surface area contributed by atoms with Crippen LogP contribution in [-0.2, 0) is 4.79 Å². The lowest BCUT2D eigenvalue weighted by molar-refractivity contribution is -0.137. The summed E-state index contributed by atoms with van der Waals surface area (Å²) in [5.41, 5.74) is 6.95. The van der Waals surface area contributed by atoms with Crippen molar-refractivity contribution in [3.8, 4) is 5.69 Å². The van der Waals surface area contributed by atoms with Gasteiger partial charge in [0.1, 0.15) is 11.6 Å². The quantitative estimate of drug-likeness (QED) is 0.480. The molecule has 0 aliphatic carbocycles. The Labute approximate surface area is 197 Å². The van der Waals surface area contributed by atoms with Crippen LogP contribution in [-0.4, -0.2) is 38.7 Å². The van der Waals surface area contributed by atoms with Crippen LogP contribution in [0.2, 0.25) is 0 Å². The van der Waals surface area contributed by atoms with Crippen molar-refractivity contribution in [3.05, 3.63) is 44.8 Å². The second-order valence-electron chi connectivity index (χ2n) is 9.09. The Kier molecular flexibility index (Phi) is 6.30. The maximum atomic E-state index is 10.9. The molecule has 32 heavy (non-hydrogen) atoms. The maximum absolute atomic E-state index is 10.9. The van der Waals surface area contributed by atoms with Gasteiger partial charge in [0.25, 0.3) is 0 Å². The molecule has 0 bridgehead atoms. The summed E-state index contributed by atoms with van der Waals surface area (Å²) in [5.74, 6) is 1.55. The molecule has 1 fully saturated rings. The van der Waals surface area contributed by atoms with Gasteiger partial charge in [0.05, 0.1) is 11.1 Å². The molecule has 0 atom stereocenters. The van der Waals surface area contributed by atoms with Crippen LogP contribution in [0.3, 0.4) is 0 Å². The molecule has 7 heteroatoms. The highest BCUT2D eigenvalue weighted by atomic mass is 79.9. The summed E-state index contributed by atoms with van der Waals surface area (Å²) in [4.78, 5) is 23.1. The summed E-state index contributed by atoms with van der Waals surface area (Å²) in [5, 5.41) is 10.1. The first-order valence-corrected chi connectivity index (χ1v) is 12.1. The summed E-state index contributed by atoms with van der Waals surface area (Å²) in [6.07, 6.45) is 3.02. The molecule has 4 rings (SSSR count). The highest BCUT2D eigenvalue weighted by molar-refractivity contribution is 9.10. The Balaban J connectivity index is 1.78. The highest BCUT2D eigenvalue weighted by Gasteiger charge is 2.26. The zero-order chi connectivity index (χ0) is 23.2. The average Bonchev–Trinajstić information content (AvgIpc) is 2.96. The summed E-state index contributed by atoms with van der Waals surface area (Å²) < 4.78 is 3.37. The van der Waals surface area contributed by atoms with Gasteiger partial charge in [0.15, 0.2) is 5.65 Å². The molecule has 0 unspecified atom stereocenters. The number of aryl methyl sites for hydroxylation is 4. The van der Waals surface area contributed by atoms with Gasteiger partial charge in [0.2, 0.25) is 0 Å². The van der Waals surface area contributed by atoms with Gasteiger partial charge < -0.3 is 10.0 Å². The normalized spacial score (nSPS) is 15.0. The summed E-state index contributed by atoms with van der Waals surface area (Å²) in [6.45, 7) is 12.4. The van der Waals surface area contributed by atoms with Crippen molar-refractivity contribution in [3.63, 3.8) is 0 Å². The Bertz CT molecular complexity index is 1170. The minimum absolute atomic E-state index is 0.259. The van der Waals surface area contributed by atoms with Crippen molar-refractivity contribution in [1.82, 2.24) is 14.5 Å². The van der Waals surface area contributed by atoms with Gasteiger partial charge in [-0.3, -0.25) is 9.36 Å². The number of anilines is 1. The number of aliphatic carboxylic acids is 1. The molecule has 170 valence electrons. The van der Waals surface area contributed by atoms with E-state index in [2.05, 4.69) is 65.2 Å². The lowest BCUT2D eigenvalue weighted by atomic mass is 9.92. The second-order valence-corrected chi connectivity index (χ2v) is 10.0. The van der Waals surface area contributed by atoms with Crippen LogP contribution in [0.25, 0.3) is 16.7 Å². The number of hydrogen-bond acceptors (Lipinski definition) is 4. The molecule has 0 amide bonds. The first-order chi connectivity index (χ1) is 15.2. The van der Waals surface area contributed by atoms with Crippen molar-refractivity contribution in [2.24, 2.45) is 5.92 Å². The summed E-state index contributed by atoms with van der Waals surface area (Å²) >= 11 is 3.62. The molecular weight excluding hydrogens is 468 g/mol. The van der Waals surface area contributed by atoms with Crippen molar-refractivity contribution < 1.29 is 9.90 Å². The number of hydrogen-bond donors (Lipinski definition) is 1. The maximum Gasteiger partial charge on any atom is 0.303 e. The zero-order valence-corrected chi connectivity index (χ0v) is 21.1. The van der Waals surface area contributed by atoms with E-state index in [1.165, 1.54) is 28.1 Å². The van der Waals surface area contributed by atoms with Gasteiger partial charge in [-0.05, 0) is 88.6 Å². The number of rotatable bonds is 5. The van der Waals surface area contributed by atoms with Crippen LogP contribution < -0.4 is 4.90 Å². The topological polar surface area (TPSA) is 71.2 Å². The molecule has 6 nitrogen and oxygen atoms in total. The van der Waals surface area contributed by atoms with E-state index in [1.807, 2.05) is 6.92 Å². The fourth-order valence-corrected chi connectivity index (χ4v) is 5.75. The number of aromatic nitrogens is 3. The standard InChI is InChI=1S/C25H31BrN4O2/c1-14-12-20(26)13-15(2)23(14)30-17(4)16(3)22-24(27-18(5)28-25(22)30)29-10-8-19(9-11-29)6-7-21(31)32/h12-13,19H,6-11H2,1-5H3,(H,31,32). The third kappa shape index (κ3) is 4.15. The van der Waals surface area contributed by atoms with Gasteiger partial charge in [-0.1, -0.05) is 15.9 Å². The first kappa shape index (κ1) is 22.8. The second kappa shape index (κ2) is 8.85. The van der Waals surface area contributed by atoms with E-state index >= 15 is 0 Å². The van der Waals surface area contributed by atoms with Gasteiger partial charge in [-0.15, -0.1) is 0 Å². The molecule has 0 saturated carbocycles. The first-order valence-electron chi connectivity index (χ1n) is 11.3. The zero-order valence-electron chi connectivity index (χ0n) is 19.5. The fraction of sp³-hybridized carbons (Fsp3) is 0.480. The lowest BCUT2D eigenvalue weighted by Crippen LogP contribution is -2.34. The van der Waals surface area contributed by atoms with Gasteiger partial charge in [-0.2, -0.15) is 0 Å². The SMILES string of the molecule is Cc1nc(N2CCC(CCC(=O)O)CC2)c2c(C)c(C)n(-c3c(C)cc(Br)cc3C)c2n1. The van der Waals surface area contributed by atoms with E-state index in [4.69, 9.17) is 15.1 Å². The molecule has 1 aliphatic rings. The molecule has 1 N–H and O–H groups in total. The third-order valence-corrected chi connectivity index (χ3v) is 7.27. The average molecular weight is 499 g/mol. The minimum Gasteiger partial charge on any atom is -0.481 e. The van der Waals surface area contributed by atoms with Crippen molar-refractivity contribution in [2.45, 2.75) is 60.3 Å². The summed E-state index contributed by atoms with van der Waals surface area (Å²) in [7, 11) is 0. The fourth-order valence-electron chi connectivity index (χ4n) is 5.07. The number of carboxylic acid groups (broad SMARTS) is 1. The number of halogens is 1. The number of benzene rings is 1. The molecule has 1 aromatic carbocycles. The van der Waals surface area contributed by atoms with E-state index in [9.17, 15) is 4.79 Å². The van der Waals surface area contributed by atoms with Crippen LogP contribution in [0.15, 0.2) is 16.6 Å². The number of carboxylic acids is 1. The van der Waals surface area contributed by atoms with Gasteiger partial charge in [0, 0.05) is 29.7 Å². The van der Waals surface area contributed by atoms with Crippen molar-refractivity contribution in [1.29, 1.82) is 0 Å². The van der Waals surface area contributed by atoms with Gasteiger partial charge >= 0.3 is 5.97 Å². The predicted molar refractivity (Wildman–Crippen MR) is 132 cm³/mol. The Morgan fingerprint density at radius 1 is 1.09 bits per heavy atom. The van der Waals surface area contributed by atoms with Crippen molar-refractivity contribution >= 4 is 38.8 Å². The highest BCUT2D eigenvalue weighted by Crippen LogP contribution is 2.37. The van der Waals surface area contributed by atoms with Gasteiger partial charge in [-0.25, -0.2) is 9.97 Å². The van der Waals surface area contributed by atoms with E-state index in [0.29, 0.717) is 5.92 Å². The predicted octanol–water partition coefficient (Wildman–Crippen LogP) is 5.81. The van der Waals surface area contributed by atoms with Crippen LogP contribution >= 0.6 is 15.9 Å². The van der Waals surface area contributed by atoms with Crippen molar-refractivity contribution in [2.75, 3.05) is 18.0 Å². The van der Waals surface area contributed by atoms with E-state index in [-0.39, 0.29) is 6.42 Å². The Morgan fingerprint density at radius 3 is 2.31 bits per heavy atom. The molecule has 0 radical (unpaired) electrons. The molecule has 2 aromatic heterocycles. The number of carbonyl (C=O) groups is 1. The van der Waals surface area contributed by atoms with Crippen LogP contribution in [0.1, 0.15) is 53.9 Å². The van der Waals surface area contributed by atoms with Crippen LogP contribution in [0.5, 0.6) is 0 Å². The van der Waals surface area contributed by atoms with E-state index in [0.717, 1.165) is 59.5 Å². The number of piperidine rings is 1. The molecular formula is C25H31BrN4O2. The molecule has 0 spiro atoms. The van der Waals surface area contributed by atoms with Crippen LogP contribution in [0.4, 0.5) is 5.82 Å². The largest absolute Gasteiger partial charge is 0.481 e. The Morgan fingerprint density at radius 2 is 1.72 bits per heavy atom. The number of nitrogens with zero attached hydrogens (tertiary/aromatic N) is 4. The van der Waals surface area contributed by atoms with E-state index < -0.39 is 5.97 Å².